The minimum atomic E-state index is -1.83. The summed E-state index contributed by atoms with van der Waals surface area (Å²) in [5, 5.41) is 9.09. The molecule has 2 aliphatic carbocycles. The summed E-state index contributed by atoms with van der Waals surface area (Å²) >= 11 is 0. The maximum Gasteiger partial charge on any atom is 0.303 e. The SMILES string of the molecule is COC1(OC)CCN(CCCC(O[Si](C)(C)C(C)(C)C)C2(CC3CC3)CC2)C1C/C=C\CCCC(=O)O. The molecule has 37 heavy (non-hydrogen) atoms. The molecule has 0 amide bonds. The molecule has 1 heterocycles. The average molecular weight is 538 g/mol. The van der Waals surface area contributed by atoms with Crippen molar-refractivity contribution < 1.29 is 23.8 Å². The molecule has 1 aliphatic heterocycles. The van der Waals surface area contributed by atoms with E-state index in [0.29, 0.717) is 17.9 Å². The Bertz CT molecular complexity index is 764. The normalized spacial score (nSPS) is 24.6. The largest absolute Gasteiger partial charge is 0.481 e. The van der Waals surface area contributed by atoms with Crippen LogP contribution in [0.1, 0.15) is 97.8 Å². The molecule has 2 atom stereocenters. The molecule has 3 fully saturated rings. The van der Waals surface area contributed by atoms with Gasteiger partial charge in [-0.05, 0) is 87.4 Å². The second kappa shape index (κ2) is 12.6. The second-order valence-corrected chi connectivity index (χ2v) is 18.3. The number of aliphatic carboxylic acids is 1. The Morgan fingerprint density at radius 1 is 1.11 bits per heavy atom. The first-order valence-corrected chi connectivity index (χ1v) is 17.7. The van der Waals surface area contributed by atoms with E-state index in [1.54, 1.807) is 14.2 Å². The van der Waals surface area contributed by atoms with Crippen LogP contribution in [-0.2, 0) is 18.7 Å². The fourth-order valence-electron chi connectivity index (χ4n) is 5.99. The summed E-state index contributed by atoms with van der Waals surface area (Å²) < 4.78 is 19.1. The zero-order valence-electron chi connectivity index (χ0n) is 24.8. The van der Waals surface area contributed by atoms with Gasteiger partial charge >= 0.3 is 5.97 Å². The molecule has 0 aromatic rings. The number of nitrogens with zero attached hydrogens (tertiary/aromatic N) is 1. The van der Waals surface area contributed by atoms with Crippen LogP contribution in [0.15, 0.2) is 12.2 Å². The molecule has 2 unspecified atom stereocenters. The van der Waals surface area contributed by atoms with E-state index in [4.69, 9.17) is 19.0 Å². The lowest BCUT2D eigenvalue weighted by Crippen LogP contribution is -2.48. The number of unbranched alkanes of at least 4 members (excludes halogenated alkanes) is 1. The highest BCUT2D eigenvalue weighted by molar-refractivity contribution is 6.74. The van der Waals surface area contributed by atoms with E-state index in [-0.39, 0.29) is 17.5 Å². The second-order valence-electron chi connectivity index (χ2n) is 13.5. The summed E-state index contributed by atoms with van der Waals surface area (Å²) in [6.07, 6.45) is 17.3. The van der Waals surface area contributed by atoms with Crippen LogP contribution in [0.2, 0.25) is 18.1 Å². The number of ether oxygens (including phenoxy) is 2. The van der Waals surface area contributed by atoms with Crippen LogP contribution in [-0.4, -0.2) is 69.5 Å². The molecule has 7 heteroatoms. The van der Waals surface area contributed by atoms with Gasteiger partial charge in [-0.3, -0.25) is 9.69 Å². The Balaban J connectivity index is 1.61. The van der Waals surface area contributed by atoms with Gasteiger partial charge in [0.2, 0.25) is 0 Å². The number of hydrogen-bond acceptors (Lipinski definition) is 5. The van der Waals surface area contributed by atoms with Gasteiger partial charge < -0.3 is 19.0 Å². The van der Waals surface area contributed by atoms with Crippen molar-refractivity contribution in [1.82, 2.24) is 4.90 Å². The summed E-state index contributed by atoms with van der Waals surface area (Å²) in [6.45, 7) is 13.9. The van der Waals surface area contributed by atoms with E-state index in [1.807, 2.05) is 0 Å². The van der Waals surface area contributed by atoms with E-state index < -0.39 is 20.1 Å². The van der Waals surface area contributed by atoms with Gasteiger partial charge in [-0.2, -0.15) is 0 Å². The Morgan fingerprint density at radius 3 is 2.32 bits per heavy atom. The van der Waals surface area contributed by atoms with Gasteiger partial charge in [0.05, 0.1) is 12.1 Å². The van der Waals surface area contributed by atoms with Gasteiger partial charge in [-0.15, -0.1) is 0 Å². The van der Waals surface area contributed by atoms with Crippen molar-refractivity contribution in [3.8, 4) is 0 Å². The van der Waals surface area contributed by atoms with E-state index >= 15 is 0 Å². The highest BCUT2D eigenvalue weighted by atomic mass is 28.4. The molecular weight excluding hydrogens is 482 g/mol. The molecule has 6 nitrogen and oxygen atoms in total. The van der Waals surface area contributed by atoms with E-state index in [0.717, 1.165) is 51.1 Å². The number of likely N-dealkylation sites (tertiary alicyclic amines) is 1. The van der Waals surface area contributed by atoms with Crippen LogP contribution < -0.4 is 0 Å². The third-order valence-corrected chi connectivity index (χ3v) is 14.3. The van der Waals surface area contributed by atoms with Crippen LogP contribution in [0.25, 0.3) is 0 Å². The maximum absolute atomic E-state index is 10.8. The van der Waals surface area contributed by atoms with Crippen molar-refractivity contribution in [2.75, 3.05) is 27.3 Å². The Morgan fingerprint density at radius 2 is 1.78 bits per heavy atom. The van der Waals surface area contributed by atoms with Crippen molar-refractivity contribution in [1.29, 1.82) is 0 Å². The molecule has 214 valence electrons. The summed E-state index contributed by atoms with van der Waals surface area (Å²) in [6, 6.07) is 0.166. The summed E-state index contributed by atoms with van der Waals surface area (Å²) in [4.78, 5) is 13.3. The van der Waals surface area contributed by atoms with E-state index in [2.05, 4.69) is 50.9 Å². The van der Waals surface area contributed by atoms with Gasteiger partial charge in [0.25, 0.3) is 0 Å². The molecule has 1 N–H and O–H groups in total. The molecule has 3 rings (SSSR count). The molecule has 1 saturated heterocycles. The number of hydrogen-bond donors (Lipinski definition) is 1. The molecule has 0 bridgehead atoms. The average Bonchev–Trinajstić information content (AvgIpc) is 3.76. The Kier molecular flexibility index (Phi) is 10.5. The predicted molar refractivity (Wildman–Crippen MR) is 152 cm³/mol. The Labute approximate surface area is 227 Å². The number of rotatable bonds is 17. The third kappa shape index (κ3) is 8.13. The van der Waals surface area contributed by atoms with Gasteiger partial charge in [-0.25, -0.2) is 0 Å². The number of carboxylic acid groups (broad SMARTS) is 1. The fraction of sp³-hybridized carbons (Fsp3) is 0.900. The standard InChI is InChI=1S/C30H55NO5Si/c1-28(2,3)37(6,7)36-26(29(18-19-29)23-24-16-17-24)14-12-21-31-22-20-30(34-4,35-5)25(31)13-10-8-9-11-15-27(32)33/h8,10,24-26H,9,11-23H2,1-7H3,(H,32,33)/b10-8-. The zero-order valence-corrected chi connectivity index (χ0v) is 25.8. The van der Waals surface area contributed by atoms with Crippen LogP contribution in [0.3, 0.4) is 0 Å². The topological polar surface area (TPSA) is 68.2 Å². The summed E-state index contributed by atoms with van der Waals surface area (Å²) in [7, 11) is 1.68. The lowest BCUT2D eigenvalue weighted by atomic mass is 9.89. The van der Waals surface area contributed by atoms with Crippen molar-refractivity contribution >= 4 is 14.3 Å². The minimum Gasteiger partial charge on any atom is -0.481 e. The molecule has 2 saturated carbocycles. The quantitative estimate of drug-likeness (QED) is 0.0932. The highest BCUT2D eigenvalue weighted by Gasteiger charge is 2.54. The third-order valence-electron chi connectivity index (χ3n) is 9.80. The van der Waals surface area contributed by atoms with Gasteiger partial charge in [-0.1, -0.05) is 45.8 Å². The summed E-state index contributed by atoms with van der Waals surface area (Å²) in [5.74, 6) is -0.358. The summed E-state index contributed by atoms with van der Waals surface area (Å²) in [5.41, 5.74) is 0.433. The first-order valence-electron chi connectivity index (χ1n) is 14.8. The molecule has 0 spiro atoms. The number of carboxylic acids is 1. The lowest BCUT2D eigenvalue weighted by molar-refractivity contribution is -0.218. The fourth-order valence-corrected chi connectivity index (χ4v) is 7.42. The zero-order chi connectivity index (χ0) is 27.3. The smallest absolute Gasteiger partial charge is 0.303 e. The van der Waals surface area contributed by atoms with Crippen molar-refractivity contribution in [3.63, 3.8) is 0 Å². The lowest BCUT2D eigenvalue weighted by Gasteiger charge is -2.42. The minimum absolute atomic E-state index is 0.166. The van der Waals surface area contributed by atoms with Crippen LogP contribution in [0, 0.1) is 11.3 Å². The molecule has 3 aliphatic rings. The molecule has 0 aromatic carbocycles. The van der Waals surface area contributed by atoms with Crippen molar-refractivity contribution in [2.24, 2.45) is 11.3 Å². The highest BCUT2D eigenvalue weighted by Crippen LogP contribution is 2.60. The first-order chi connectivity index (χ1) is 17.4. The van der Waals surface area contributed by atoms with Gasteiger partial charge in [0.15, 0.2) is 14.1 Å². The van der Waals surface area contributed by atoms with Gasteiger partial charge in [0, 0.05) is 33.6 Å². The Hall–Kier alpha value is -0.733. The van der Waals surface area contributed by atoms with Crippen LogP contribution >= 0.6 is 0 Å². The van der Waals surface area contributed by atoms with E-state index in [9.17, 15) is 4.79 Å². The predicted octanol–water partition coefficient (Wildman–Crippen LogP) is 7.00. The number of methoxy groups -OCH3 is 2. The number of carbonyl (C=O) groups is 1. The van der Waals surface area contributed by atoms with E-state index in [1.165, 1.54) is 32.1 Å². The van der Waals surface area contributed by atoms with Gasteiger partial charge in [0.1, 0.15) is 0 Å². The van der Waals surface area contributed by atoms with Crippen LogP contribution in [0.5, 0.6) is 0 Å². The van der Waals surface area contributed by atoms with Crippen molar-refractivity contribution in [3.05, 3.63) is 12.2 Å². The van der Waals surface area contributed by atoms with Crippen LogP contribution in [0.4, 0.5) is 0 Å². The molecule has 0 radical (unpaired) electrons. The first kappa shape index (κ1) is 30.8. The molecule has 0 aromatic heterocycles. The monoisotopic (exact) mass is 537 g/mol. The molecular formula is C30H55NO5Si. The van der Waals surface area contributed by atoms with Crippen molar-refractivity contribution in [2.45, 2.75) is 134 Å². The maximum atomic E-state index is 10.8. The number of allylic oxidation sites excluding steroid dienone is 1.